The SMILES string of the molecule is CCCCC1(CC)CC2(CCN(Cc3ccc4c(c3)Nc3nccnc3S4)CC2)C1. The average Bonchev–Trinajstić information content (AvgIpc) is 2.76. The summed E-state index contributed by atoms with van der Waals surface area (Å²) in [5, 5.41) is 4.43. The van der Waals surface area contributed by atoms with E-state index in [1.807, 2.05) is 0 Å². The first-order valence-corrected chi connectivity index (χ1v) is 12.6. The largest absolute Gasteiger partial charge is 0.337 e. The maximum absolute atomic E-state index is 4.43. The Balaban J connectivity index is 1.17. The molecule has 0 atom stereocenters. The monoisotopic (exact) mass is 422 g/mol. The Bertz CT molecular complexity index is 896. The van der Waals surface area contributed by atoms with Gasteiger partial charge in [0.2, 0.25) is 0 Å². The van der Waals surface area contributed by atoms with E-state index < -0.39 is 0 Å². The number of aromatic nitrogens is 2. The quantitative estimate of drug-likeness (QED) is 0.482. The van der Waals surface area contributed by atoms with Gasteiger partial charge in [-0.15, -0.1) is 0 Å². The van der Waals surface area contributed by atoms with Crippen molar-refractivity contribution in [2.45, 2.75) is 81.7 Å². The van der Waals surface area contributed by atoms with Gasteiger partial charge in [0.05, 0.1) is 5.69 Å². The standard InChI is InChI=1S/C25H34N4S/c1-3-5-8-24(4-2)17-25(18-24)9-13-29(14-10-25)16-19-6-7-21-20(15-19)28-22-23(30-21)27-12-11-26-22/h6-7,11-12,15H,3-5,8-10,13-14,16-18H2,1-2H3,(H,26,28). The summed E-state index contributed by atoms with van der Waals surface area (Å²) < 4.78 is 0. The van der Waals surface area contributed by atoms with Gasteiger partial charge in [-0.1, -0.05) is 50.9 Å². The number of likely N-dealkylation sites (tertiary alicyclic amines) is 1. The molecule has 5 rings (SSSR count). The van der Waals surface area contributed by atoms with Gasteiger partial charge in [0.15, 0.2) is 5.82 Å². The van der Waals surface area contributed by atoms with Crippen LogP contribution in [-0.2, 0) is 6.54 Å². The number of piperidine rings is 1. The summed E-state index contributed by atoms with van der Waals surface area (Å²) in [5.41, 5.74) is 3.90. The third-order valence-corrected chi connectivity index (χ3v) is 8.87. The lowest BCUT2D eigenvalue weighted by atomic mass is 9.47. The summed E-state index contributed by atoms with van der Waals surface area (Å²) in [7, 11) is 0. The highest BCUT2D eigenvalue weighted by molar-refractivity contribution is 7.99. The second-order valence-corrected chi connectivity index (χ2v) is 10.9. The van der Waals surface area contributed by atoms with Crippen LogP contribution in [0.3, 0.4) is 0 Å². The van der Waals surface area contributed by atoms with Crippen molar-refractivity contribution in [2.24, 2.45) is 10.8 Å². The highest BCUT2D eigenvalue weighted by Gasteiger charge is 2.53. The topological polar surface area (TPSA) is 41.0 Å². The smallest absolute Gasteiger partial charge is 0.163 e. The van der Waals surface area contributed by atoms with Gasteiger partial charge in [0, 0.05) is 23.8 Å². The summed E-state index contributed by atoms with van der Waals surface area (Å²) in [4.78, 5) is 12.8. The molecule has 30 heavy (non-hydrogen) atoms. The summed E-state index contributed by atoms with van der Waals surface area (Å²) in [6.07, 6.45) is 14.9. The van der Waals surface area contributed by atoms with E-state index in [0.29, 0.717) is 10.8 Å². The van der Waals surface area contributed by atoms with Gasteiger partial charge >= 0.3 is 0 Å². The fraction of sp³-hybridized carbons (Fsp3) is 0.600. The molecular weight excluding hydrogens is 388 g/mol. The van der Waals surface area contributed by atoms with E-state index in [4.69, 9.17) is 0 Å². The molecule has 3 aliphatic rings. The minimum atomic E-state index is 0.663. The van der Waals surface area contributed by atoms with E-state index in [-0.39, 0.29) is 0 Å². The third-order valence-electron chi connectivity index (χ3n) is 7.80. The van der Waals surface area contributed by atoms with Crippen LogP contribution >= 0.6 is 11.8 Å². The first-order chi connectivity index (χ1) is 14.6. The van der Waals surface area contributed by atoms with Crippen molar-refractivity contribution in [1.82, 2.24) is 14.9 Å². The Morgan fingerprint density at radius 2 is 1.90 bits per heavy atom. The zero-order chi connectivity index (χ0) is 20.6. The van der Waals surface area contributed by atoms with Crippen molar-refractivity contribution in [3.8, 4) is 0 Å². The van der Waals surface area contributed by atoms with Crippen molar-refractivity contribution in [1.29, 1.82) is 0 Å². The lowest BCUT2D eigenvalue weighted by molar-refractivity contribution is -0.0895. The molecule has 2 aliphatic heterocycles. The highest BCUT2D eigenvalue weighted by atomic mass is 32.2. The maximum atomic E-state index is 4.43. The van der Waals surface area contributed by atoms with Gasteiger partial charge in [-0.25, -0.2) is 9.97 Å². The minimum Gasteiger partial charge on any atom is -0.337 e. The summed E-state index contributed by atoms with van der Waals surface area (Å²) in [6, 6.07) is 6.83. The van der Waals surface area contributed by atoms with Crippen LogP contribution in [0.25, 0.3) is 0 Å². The molecule has 3 heterocycles. The van der Waals surface area contributed by atoms with E-state index in [0.717, 1.165) is 17.4 Å². The van der Waals surface area contributed by atoms with Crippen molar-refractivity contribution in [2.75, 3.05) is 18.4 Å². The summed E-state index contributed by atoms with van der Waals surface area (Å²) >= 11 is 1.71. The van der Waals surface area contributed by atoms with Gasteiger partial charge in [-0.2, -0.15) is 0 Å². The fourth-order valence-corrected chi connectivity index (χ4v) is 6.95. The normalized spacial score (nSPS) is 21.4. The van der Waals surface area contributed by atoms with Gasteiger partial charge in [0.1, 0.15) is 5.03 Å². The molecule has 0 amide bonds. The van der Waals surface area contributed by atoms with Crippen LogP contribution in [0.1, 0.15) is 70.8 Å². The van der Waals surface area contributed by atoms with Crippen LogP contribution in [0.4, 0.5) is 11.5 Å². The first kappa shape index (κ1) is 20.3. The Kier molecular flexibility index (Phi) is 5.53. The number of hydrogen-bond acceptors (Lipinski definition) is 5. The van der Waals surface area contributed by atoms with Crippen LogP contribution in [0.15, 0.2) is 40.5 Å². The molecule has 0 radical (unpaired) electrons. The summed E-state index contributed by atoms with van der Waals surface area (Å²) in [5.74, 6) is 0.875. The molecule has 1 aliphatic carbocycles. The molecule has 2 fully saturated rings. The second kappa shape index (κ2) is 8.16. The number of fused-ring (bicyclic) bond motifs is 2. The molecular formula is C25H34N4S. The molecule has 1 aromatic heterocycles. The van der Waals surface area contributed by atoms with Gasteiger partial charge < -0.3 is 5.32 Å². The molecule has 0 bridgehead atoms. The van der Waals surface area contributed by atoms with Crippen molar-refractivity contribution in [3.63, 3.8) is 0 Å². The number of nitrogens with zero attached hydrogens (tertiary/aromatic N) is 3. The first-order valence-electron chi connectivity index (χ1n) is 11.7. The molecule has 1 saturated carbocycles. The Hall–Kier alpha value is -1.59. The molecule has 0 unspecified atom stereocenters. The van der Waals surface area contributed by atoms with E-state index >= 15 is 0 Å². The highest BCUT2D eigenvalue weighted by Crippen LogP contribution is 2.63. The molecule has 5 heteroatoms. The van der Waals surface area contributed by atoms with Gasteiger partial charge in [-0.3, -0.25) is 4.90 Å². The number of hydrogen-bond donors (Lipinski definition) is 1. The maximum Gasteiger partial charge on any atom is 0.163 e. The predicted molar refractivity (Wildman–Crippen MR) is 124 cm³/mol. The number of rotatable bonds is 6. The number of benzene rings is 1. The number of nitrogens with one attached hydrogen (secondary N) is 1. The molecule has 1 spiro atoms. The second-order valence-electron chi connectivity index (χ2n) is 9.85. The molecule has 1 N–H and O–H groups in total. The van der Waals surface area contributed by atoms with Gasteiger partial charge in [0.25, 0.3) is 0 Å². The van der Waals surface area contributed by atoms with E-state index in [2.05, 4.69) is 52.2 Å². The van der Waals surface area contributed by atoms with Crippen LogP contribution in [0.2, 0.25) is 0 Å². The van der Waals surface area contributed by atoms with Crippen molar-refractivity contribution in [3.05, 3.63) is 36.2 Å². The molecule has 1 saturated heterocycles. The average molecular weight is 423 g/mol. The molecule has 1 aromatic carbocycles. The zero-order valence-corrected chi connectivity index (χ0v) is 19.2. The molecule has 4 nitrogen and oxygen atoms in total. The lowest BCUT2D eigenvalue weighted by Crippen LogP contribution is -2.52. The molecule has 160 valence electrons. The van der Waals surface area contributed by atoms with Crippen LogP contribution in [0.5, 0.6) is 0 Å². The van der Waals surface area contributed by atoms with E-state index in [1.165, 1.54) is 80.6 Å². The van der Waals surface area contributed by atoms with E-state index in [1.54, 1.807) is 24.2 Å². The van der Waals surface area contributed by atoms with Crippen LogP contribution in [0, 0.1) is 10.8 Å². The fourth-order valence-electron chi connectivity index (χ4n) is 6.07. The lowest BCUT2D eigenvalue weighted by Gasteiger charge is -2.60. The van der Waals surface area contributed by atoms with Crippen LogP contribution in [-0.4, -0.2) is 28.0 Å². The summed E-state index contributed by atoms with van der Waals surface area (Å²) in [6.45, 7) is 8.31. The minimum absolute atomic E-state index is 0.663. The van der Waals surface area contributed by atoms with Crippen molar-refractivity contribution < 1.29 is 0 Å². The van der Waals surface area contributed by atoms with E-state index in [9.17, 15) is 0 Å². The molecule has 2 aromatic rings. The Labute approximate surface area is 185 Å². The van der Waals surface area contributed by atoms with Gasteiger partial charge in [-0.05, 0) is 73.7 Å². The zero-order valence-electron chi connectivity index (χ0n) is 18.4. The Morgan fingerprint density at radius 1 is 1.10 bits per heavy atom. The van der Waals surface area contributed by atoms with Crippen LogP contribution < -0.4 is 5.32 Å². The predicted octanol–water partition coefficient (Wildman–Crippen LogP) is 6.65. The number of anilines is 2. The number of unbranched alkanes of at least 4 members (excludes halogenated alkanes) is 1. The third kappa shape index (κ3) is 3.87. The van der Waals surface area contributed by atoms with Crippen molar-refractivity contribution >= 4 is 23.3 Å². The Morgan fingerprint density at radius 3 is 2.67 bits per heavy atom.